The standard InChI is InChI=1S/C53H64F4N8O6/c1-27(2)46(61-52(68)70-5)49(66)36-22-32(54)21-35(36)41-20-31-18-29(10-12-39(31)58-41)43-14-15-44(65(43)34-24-37(56)48(38(57)25-34)63-16-8-7-9-17-63)30-11-13-40-42(19-30)60-50(59-40)45-23-33(55)26-64(45)51(67)47(28(3)4)62-53(69)71-6/h10-13,18-20,24-25,27-28,32-33,35-36,43-47,58H,7-9,14-17,21-23,26H2,1-6H3,(H,59,60)(H,61,68)(H,62,69)/t32-,33-,35-,36?,43-,44-,45?,46+,47+/m1/s1. The quantitative estimate of drug-likeness (QED) is 0.0841. The van der Waals surface area contributed by atoms with E-state index in [0.717, 1.165) is 41.3 Å². The highest BCUT2D eigenvalue weighted by atomic mass is 19.1. The molecule has 0 radical (unpaired) electrons. The predicted octanol–water partition coefficient (Wildman–Crippen LogP) is 10.2. The summed E-state index contributed by atoms with van der Waals surface area (Å²) < 4.78 is 72.9. The van der Waals surface area contributed by atoms with E-state index in [1.54, 1.807) is 18.7 Å². The number of halogens is 4. The van der Waals surface area contributed by atoms with Crippen molar-refractivity contribution in [3.8, 4) is 0 Å². The maximum Gasteiger partial charge on any atom is 0.407 e. The average Bonchev–Trinajstić information content (AvgIpc) is 4.20. The average molecular weight is 985 g/mol. The van der Waals surface area contributed by atoms with E-state index in [0.29, 0.717) is 54.2 Å². The van der Waals surface area contributed by atoms with Gasteiger partial charge in [-0.3, -0.25) is 9.59 Å². The van der Waals surface area contributed by atoms with Crippen LogP contribution in [0.4, 0.5) is 38.5 Å². The number of hydrogen-bond acceptors (Lipinski definition) is 9. The Morgan fingerprint density at radius 1 is 0.718 bits per heavy atom. The Morgan fingerprint density at radius 2 is 1.35 bits per heavy atom. The Kier molecular flexibility index (Phi) is 14.3. The fourth-order valence-electron chi connectivity index (χ4n) is 11.7. The minimum atomic E-state index is -1.31. The fraction of sp³-hybridized carbons (Fsp3) is 0.528. The minimum absolute atomic E-state index is 0.0138. The number of nitrogens with zero attached hydrogens (tertiary/aromatic N) is 4. The molecule has 3 aliphatic heterocycles. The molecule has 2 aromatic heterocycles. The zero-order valence-corrected chi connectivity index (χ0v) is 41.1. The van der Waals surface area contributed by atoms with Crippen LogP contribution in [0.1, 0.15) is 126 Å². The second-order valence-electron chi connectivity index (χ2n) is 20.5. The fourth-order valence-corrected chi connectivity index (χ4v) is 11.7. The molecule has 9 rings (SSSR count). The van der Waals surface area contributed by atoms with E-state index in [9.17, 15) is 19.2 Å². The number of methoxy groups -OCH3 is 2. The summed E-state index contributed by atoms with van der Waals surface area (Å²) in [7, 11) is 2.44. The summed E-state index contributed by atoms with van der Waals surface area (Å²) >= 11 is 0. The number of anilines is 2. The van der Waals surface area contributed by atoms with Gasteiger partial charge >= 0.3 is 12.2 Å². The molecule has 1 aliphatic carbocycles. The maximum absolute atomic E-state index is 16.4. The second kappa shape index (κ2) is 20.4. The number of nitrogens with one attached hydrogen (secondary N) is 4. The number of aromatic amines is 2. The van der Waals surface area contributed by atoms with E-state index >= 15 is 17.6 Å². The van der Waals surface area contributed by atoms with Crippen molar-refractivity contribution >= 4 is 57.2 Å². The number of benzene rings is 3. The number of hydrogen-bond donors (Lipinski definition) is 4. The van der Waals surface area contributed by atoms with Crippen LogP contribution in [0.3, 0.4) is 0 Å². The molecule has 71 heavy (non-hydrogen) atoms. The number of carbonyl (C=O) groups excluding carboxylic acids is 4. The van der Waals surface area contributed by atoms with Gasteiger partial charge in [0.2, 0.25) is 5.91 Å². The number of rotatable bonds is 13. The smallest absolute Gasteiger partial charge is 0.407 e. The van der Waals surface area contributed by atoms with Gasteiger partial charge in [0.05, 0.1) is 56.0 Å². The lowest BCUT2D eigenvalue weighted by atomic mass is 9.83. The van der Waals surface area contributed by atoms with E-state index in [-0.39, 0.29) is 61.2 Å². The van der Waals surface area contributed by atoms with Crippen LogP contribution < -0.4 is 20.4 Å². The van der Waals surface area contributed by atoms with Gasteiger partial charge in [-0.2, -0.15) is 0 Å². The summed E-state index contributed by atoms with van der Waals surface area (Å²) in [5, 5.41) is 6.09. The van der Waals surface area contributed by atoms with Crippen molar-refractivity contribution in [1.29, 1.82) is 0 Å². The minimum Gasteiger partial charge on any atom is -0.453 e. The van der Waals surface area contributed by atoms with Crippen molar-refractivity contribution < 1.29 is 46.2 Å². The summed E-state index contributed by atoms with van der Waals surface area (Å²) in [6, 6.07) is 13.3. The van der Waals surface area contributed by atoms with E-state index in [1.807, 2.05) is 56.3 Å². The summed E-state index contributed by atoms with van der Waals surface area (Å²) in [6.45, 7) is 8.19. The number of Topliss-reactive ketones (excluding diaryl/α,β-unsaturated/α-hetero) is 1. The first-order valence-corrected chi connectivity index (χ1v) is 25.0. The molecule has 0 spiro atoms. The number of H-pyrrole nitrogens is 2. The number of likely N-dealkylation sites (tertiary alicyclic amines) is 1. The lowest BCUT2D eigenvalue weighted by molar-refractivity contribution is -0.135. The normalized spacial score (nSPS) is 24.6. The summed E-state index contributed by atoms with van der Waals surface area (Å²) in [6.07, 6.45) is 0.132. The molecule has 380 valence electrons. The third-order valence-electron chi connectivity index (χ3n) is 15.3. The van der Waals surface area contributed by atoms with Crippen LogP contribution in [0.25, 0.3) is 21.9 Å². The largest absolute Gasteiger partial charge is 0.453 e. The van der Waals surface area contributed by atoms with Crippen LogP contribution in [-0.2, 0) is 19.1 Å². The van der Waals surface area contributed by atoms with Crippen LogP contribution in [-0.4, -0.2) is 102 Å². The number of aromatic nitrogens is 3. The molecule has 0 bridgehead atoms. The summed E-state index contributed by atoms with van der Waals surface area (Å²) in [4.78, 5) is 69.2. The van der Waals surface area contributed by atoms with Gasteiger partial charge in [-0.15, -0.1) is 0 Å². The van der Waals surface area contributed by atoms with Crippen molar-refractivity contribution in [2.45, 2.75) is 128 Å². The lowest BCUT2D eigenvalue weighted by Gasteiger charge is -2.35. The number of imidazole rings is 1. The van der Waals surface area contributed by atoms with Gasteiger partial charge in [0.25, 0.3) is 0 Å². The number of alkyl carbamates (subject to hydrolysis) is 2. The molecule has 9 atom stereocenters. The first kappa shape index (κ1) is 49.6. The highest BCUT2D eigenvalue weighted by Gasteiger charge is 2.45. The van der Waals surface area contributed by atoms with Crippen molar-refractivity contribution in [3.63, 3.8) is 0 Å². The molecule has 14 nitrogen and oxygen atoms in total. The number of amides is 3. The van der Waals surface area contributed by atoms with Crippen LogP contribution in [0.5, 0.6) is 0 Å². The van der Waals surface area contributed by atoms with Crippen LogP contribution in [0, 0.1) is 29.4 Å². The molecule has 18 heteroatoms. The Bertz CT molecular complexity index is 2620. The van der Waals surface area contributed by atoms with Crippen LogP contribution >= 0.6 is 0 Å². The zero-order chi connectivity index (χ0) is 50.4. The Balaban J connectivity index is 1.05. The van der Waals surface area contributed by atoms with Gasteiger partial charge in [-0.25, -0.2) is 32.1 Å². The Labute approximate surface area is 410 Å². The van der Waals surface area contributed by atoms with E-state index in [1.165, 1.54) is 31.3 Å². The predicted molar refractivity (Wildman–Crippen MR) is 262 cm³/mol. The first-order valence-electron chi connectivity index (χ1n) is 25.0. The molecule has 4 fully saturated rings. The number of ether oxygens (including phenoxy) is 2. The highest BCUT2D eigenvalue weighted by molar-refractivity contribution is 5.91. The SMILES string of the molecule is COC(=O)N[C@H](C(=O)C1C[C@H](F)C[C@H]1c1cc2cc([C@H]3CC[C@H](c4ccc5nc(C6C[C@@H](F)CN6C(=O)[C@@H](NC(=O)OC)C(C)C)[nH]c5c4)N3c3cc(F)c(N4CCCCC4)c(F)c3)ccc2[nH]1)C(C)C. The molecular formula is C53H64F4N8O6. The molecule has 4 aliphatic rings. The molecule has 4 N–H and O–H groups in total. The van der Waals surface area contributed by atoms with Crippen molar-refractivity contribution in [3.05, 3.63) is 88.9 Å². The van der Waals surface area contributed by atoms with E-state index in [2.05, 4.69) is 25.5 Å². The third kappa shape index (κ3) is 9.87. The summed E-state index contributed by atoms with van der Waals surface area (Å²) in [5.41, 5.74) is 4.84. The highest BCUT2D eigenvalue weighted by Crippen LogP contribution is 2.50. The van der Waals surface area contributed by atoms with Crippen LogP contribution in [0.15, 0.2) is 54.6 Å². The van der Waals surface area contributed by atoms with Crippen molar-refractivity contribution in [2.24, 2.45) is 17.8 Å². The maximum atomic E-state index is 16.4. The van der Waals surface area contributed by atoms with Gasteiger partial charge in [0, 0.05) is 48.2 Å². The molecule has 5 heterocycles. The molecule has 2 unspecified atom stereocenters. The van der Waals surface area contributed by atoms with E-state index in [4.69, 9.17) is 14.5 Å². The number of ketones is 1. The monoisotopic (exact) mass is 984 g/mol. The van der Waals surface area contributed by atoms with Gasteiger partial charge in [0.1, 0.15) is 29.9 Å². The van der Waals surface area contributed by atoms with Crippen molar-refractivity contribution in [2.75, 3.05) is 43.7 Å². The second-order valence-corrected chi connectivity index (χ2v) is 20.5. The number of piperidine rings is 1. The summed E-state index contributed by atoms with van der Waals surface area (Å²) in [5.74, 6) is -3.26. The lowest BCUT2D eigenvalue weighted by Crippen LogP contribution is -2.51. The van der Waals surface area contributed by atoms with Gasteiger partial charge in [0.15, 0.2) is 17.4 Å². The topological polar surface area (TPSA) is 165 Å². The number of alkyl halides is 2. The molecule has 3 amide bonds. The molecule has 3 aromatic carbocycles. The molecule has 5 aromatic rings. The van der Waals surface area contributed by atoms with Crippen LogP contribution in [0.2, 0.25) is 0 Å². The molecule has 1 saturated carbocycles. The van der Waals surface area contributed by atoms with Gasteiger partial charge in [-0.1, -0.05) is 39.8 Å². The first-order chi connectivity index (χ1) is 34.0. The molecular weight excluding hydrogens is 921 g/mol. The van der Waals surface area contributed by atoms with E-state index < -0.39 is 72.0 Å². The Morgan fingerprint density at radius 3 is 2.00 bits per heavy atom. The van der Waals surface area contributed by atoms with Gasteiger partial charge < -0.3 is 44.8 Å². The number of carbonyl (C=O) groups is 4. The van der Waals surface area contributed by atoms with Crippen molar-refractivity contribution in [1.82, 2.24) is 30.5 Å². The molecule has 3 saturated heterocycles. The van der Waals surface area contributed by atoms with Gasteiger partial charge in [-0.05, 0) is 116 Å². The Hall–Kier alpha value is -6.33. The number of fused-ring (bicyclic) bond motifs is 2. The zero-order valence-electron chi connectivity index (χ0n) is 41.1. The third-order valence-corrected chi connectivity index (χ3v) is 15.3.